The molecular formula is C21H26O2. The van der Waals surface area contributed by atoms with Gasteiger partial charge in [0.05, 0.1) is 0 Å². The maximum Gasteiger partial charge on any atom is 0.308 e. The van der Waals surface area contributed by atoms with Gasteiger partial charge < -0.3 is 4.74 Å². The van der Waals surface area contributed by atoms with E-state index in [0.717, 1.165) is 18.3 Å². The molecule has 4 rings (SSSR count). The molecule has 0 aliphatic heterocycles. The van der Waals surface area contributed by atoms with Crippen LogP contribution in [0.25, 0.3) is 5.57 Å². The first-order chi connectivity index (χ1) is 11.0. The van der Waals surface area contributed by atoms with Gasteiger partial charge in [-0.05, 0) is 84.1 Å². The first-order valence-electron chi connectivity index (χ1n) is 8.98. The maximum atomic E-state index is 11.2. The van der Waals surface area contributed by atoms with Crippen LogP contribution in [0, 0.1) is 17.3 Å². The summed E-state index contributed by atoms with van der Waals surface area (Å²) in [7, 11) is 0. The van der Waals surface area contributed by atoms with E-state index in [1.807, 2.05) is 12.1 Å². The monoisotopic (exact) mass is 310 g/mol. The van der Waals surface area contributed by atoms with Gasteiger partial charge in [0.15, 0.2) is 0 Å². The van der Waals surface area contributed by atoms with Gasteiger partial charge in [-0.15, -0.1) is 0 Å². The number of carbonyl (C=O) groups excluding carboxylic acids is 1. The van der Waals surface area contributed by atoms with Gasteiger partial charge in [-0.3, -0.25) is 4.79 Å². The number of allylic oxidation sites excluding steroid dienone is 1. The predicted molar refractivity (Wildman–Crippen MR) is 92.3 cm³/mol. The van der Waals surface area contributed by atoms with E-state index in [2.05, 4.69) is 19.6 Å². The second-order valence-electron chi connectivity index (χ2n) is 8.11. The van der Waals surface area contributed by atoms with Crippen LogP contribution in [0.1, 0.15) is 69.4 Å². The molecule has 2 heteroatoms. The summed E-state index contributed by atoms with van der Waals surface area (Å²) in [5.41, 5.74) is 4.46. The summed E-state index contributed by atoms with van der Waals surface area (Å²) in [5.74, 6) is 2.68. The number of benzene rings is 1. The van der Waals surface area contributed by atoms with E-state index >= 15 is 0 Å². The zero-order chi connectivity index (χ0) is 16.2. The molecule has 1 aromatic carbocycles. The highest BCUT2D eigenvalue weighted by Gasteiger charge is 2.50. The lowest BCUT2D eigenvalue weighted by molar-refractivity contribution is -0.131. The molecule has 2 nitrogen and oxygen atoms in total. The van der Waals surface area contributed by atoms with Crippen molar-refractivity contribution in [3.63, 3.8) is 0 Å². The Hall–Kier alpha value is -1.57. The van der Waals surface area contributed by atoms with E-state index in [1.54, 1.807) is 0 Å². The molecule has 0 saturated heterocycles. The molecule has 0 amide bonds. The molecule has 3 aliphatic rings. The number of hydrogen-bond acceptors (Lipinski definition) is 2. The van der Waals surface area contributed by atoms with E-state index in [4.69, 9.17) is 4.74 Å². The lowest BCUT2D eigenvalue weighted by Gasteiger charge is -2.49. The van der Waals surface area contributed by atoms with E-state index in [-0.39, 0.29) is 5.97 Å². The van der Waals surface area contributed by atoms with Crippen LogP contribution in [-0.4, -0.2) is 5.97 Å². The first kappa shape index (κ1) is 15.0. The molecule has 2 saturated carbocycles. The predicted octanol–water partition coefficient (Wildman–Crippen LogP) is 5.33. The number of carbonyl (C=O) groups is 1. The molecule has 2 fully saturated rings. The molecule has 0 radical (unpaired) electrons. The third-order valence-electron chi connectivity index (χ3n) is 6.77. The third-order valence-corrected chi connectivity index (χ3v) is 6.77. The standard InChI is InChI=1S/C21H26O2/c1-13-11-19-17(8-10-21(3)9-4-5-20(19)21)16-7-6-15(12-18(13)16)23-14(2)22/h6-7,12,17,19-20H,1,4-5,8-11H2,2-3H3/t17?,19?,20?,21-/m0/s1. The van der Waals surface area contributed by atoms with Crippen LogP contribution in [0.4, 0.5) is 0 Å². The largest absolute Gasteiger partial charge is 0.427 e. The number of hydrogen-bond donors (Lipinski definition) is 0. The highest BCUT2D eigenvalue weighted by Crippen LogP contribution is 2.62. The molecule has 4 atom stereocenters. The van der Waals surface area contributed by atoms with Crippen LogP contribution in [0.3, 0.4) is 0 Å². The van der Waals surface area contributed by atoms with E-state index < -0.39 is 0 Å². The molecule has 0 heterocycles. The minimum Gasteiger partial charge on any atom is -0.427 e. The molecule has 3 unspecified atom stereocenters. The van der Waals surface area contributed by atoms with Gasteiger partial charge in [0.2, 0.25) is 0 Å². The lowest BCUT2D eigenvalue weighted by atomic mass is 9.55. The Morgan fingerprint density at radius 1 is 1.30 bits per heavy atom. The van der Waals surface area contributed by atoms with Gasteiger partial charge in [0.1, 0.15) is 5.75 Å². The van der Waals surface area contributed by atoms with Crippen molar-refractivity contribution in [1.29, 1.82) is 0 Å². The smallest absolute Gasteiger partial charge is 0.308 e. The molecule has 0 bridgehead atoms. The van der Waals surface area contributed by atoms with Crippen LogP contribution in [-0.2, 0) is 4.79 Å². The number of ether oxygens (including phenoxy) is 1. The van der Waals surface area contributed by atoms with Crippen LogP contribution < -0.4 is 4.74 Å². The van der Waals surface area contributed by atoms with Crippen LogP contribution in [0.15, 0.2) is 24.8 Å². The van der Waals surface area contributed by atoms with Gasteiger partial charge in [-0.1, -0.05) is 26.0 Å². The Balaban J connectivity index is 1.70. The van der Waals surface area contributed by atoms with Gasteiger partial charge in [0.25, 0.3) is 0 Å². The van der Waals surface area contributed by atoms with Crippen LogP contribution in [0.2, 0.25) is 0 Å². The normalized spacial score (nSPS) is 35.2. The average Bonchev–Trinajstić information content (AvgIpc) is 2.89. The minimum atomic E-state index is -0.261. The number of esters is 1. The highest BCUT2D eigenvalue weighted by molar-refractivity contribution is 5.73. The van der Waals surface area contributed by atoms with E-state index in [0.29, 0.717) is 17.1 Å². The Kier molecular flexibility index (Phi) is 3.40. The minimum absolute atomic E-state index is 0.261. The summed E-state index contributed by atoms with van der Waals surface area (Å²) in [6, 6.07) is 6.17. The summed E-state index contributed by atoms with van der Waals surface area (Å²) < 4.78 is 5.27. The van der Waals surface area contributed by atoms with Crippen molar-refractivity contribution in [3.8, 4) is 5.75 Å². The molecule has 23 heavy (non-hydrogen) atoms. The summed E-state index contributed by atoms with van der Waals surface area (Å²) in [6.07, 6.45) is 7.97. The molecule has 122 valence electrons. The van der Waals surface area contributed by atoms with Gasteiger partial charge >= 0.3 is 5.97 Å². The molecule has 3 aliphatic carbocycles. The van der Waals surface area contributed by atoms with Crippen molar-refractivity contribution in [2.75, 3.05) is 0 Å². The number of fused-ring (bicyclic) bond motifs is 5. The Bertz CT molecular complexity index is 674. The van der Waals surface area contributed by atoms with Crippen molar-refractivity contribution in [3.05, 3.63) is 35.9 Å². The van der Waals surface area contributed by atoms with Crippen molar-refractivity contribution in [1.82, 2.24) is 0 Å². The second kappa shape index (κ2) is 5.22. The van der Waals surface area contributed by atoms with E-state index in [9.17, 15) is 4.79 Å². The SMILES string of the molecule is C=C1CC2C(CC[C@]3(C)CCCC23)c2ccc(OC(C)=O)cc21. The lowest BCUT2D eigenvalue weighted by Crippen LogP contribution is -2.39. The van der Waals surface area contributed by atoms with Gasteiger partial charge in [-0.2, -0.15) is 0 Å². The molecule has 0 spiro atoms. The maximum absolute atomic E-state index is 11.2. The highest BCUT2D eigenvalue weighted by atomic mass is 16.5. The Morgan fingerprint density at radius 2 is 2.13 bits per heavy atom. The Morgan fingerprint density at radius 3 is 2.91 bits per heavy atom. The zero-order valence-electron chi connectivity index (χ0n) is 14.2. The van der Waals surface area contributed by atoms with Crippen LogP contribution >= 0.6 is 0 Å². The van der Waals surface area contributed by atoms with Gasteiger partial charge in [-0.25, -0.2) is 0 Å². The molecular weight excluding hydrogens is 284 g/mol. The molecule has 1 aromatic rings. The van der Waals surface area contributed by atoms with Crippen molar-refractivity contribution >= 4 is 11.5 Å². The third kappa shape index (κ3) is 2.34. The zero-order valence-corrected chi connectivity index (χ0v) is 14.2. The summed E-state index contributed by atoms with van der Waals surface area (Å²) in [5, 5.41) is 0. The fourth-order valence-electron chi connectivity index (χ4n) is 5.74. The van der Waals surface area contributed by atoms with Gasteiger partial charge in [0, 0.05) is 6.92 Å². The fourth-order valence-corrected chi connectivity index (χ4v) is 5.74. The quantitative estimate of drug-likeness (QED) is 0.518. The first-order valence-corrected chi connectivity index (χ1v) is 8.98. The van der Waals surface area contributed by atoms with Crippen LogP contribution in [0.5, 0.6) is 5.75 Å². The van der Waals surface area contributed by atoms with Crippen molar-refractivity contribution < 1.29 is 9.53 Å². The van der Waals surface area contributed by atoms with Crippen molar-refractivity contribution in [2.24, 2.45) is 17.3 Å². The summed E-state index contributed by atoms with van der Waals surface area (Å²) >= 11 is 0. The van der Waals surface area contributed by atoms with Crippen molar-refractivity contribution in [2.45, 2.75) is 58.3 Å². The average molecular weight is 310 g/mol. The Labute approximate surface area is 138 Å². The topological polar surface area (TPSA) is 26.3 Å². The number of rotatable bonds is 1. The molecule has 0 aromatic heterocycles. The summed E-state index contributed by atoms with van der Waals surface area (Å²) in [6.45, 7) is 8.33. The fraction of sp³-hybridized carbons (Fsp3) is 0.571. The molecule has 0 N–H and O–H groups in total. The van der Waals surface area contributed by atoms with E-state index in [1.165, 1.54) is 55.7 Å². The summed E-state index contributed by atoms with van der Waals surface area (Å²) in [4.78, 5) is 11.2. The second-order valence-corrected chi connectivity index (χ2v) is 8.11.